The Morgan fingerprint density at radius 3 is 2.50 bits per heavy atom. The molecule has 2 N–H and O–H groups in total. The molecular formula is C19H19ClF2N2O4. The van der Waals surface area contributed by atoms with Crippen LogP contribution in [0, 0.1) is 0 Å². The summed E-state index contributed by atoms with van der Waals surface area (Å²) in [5.41, 5.74) is 0.883. The number of hydrogen-bond acceptors (Lipinski definition) is 4. The molecule has 2 aromatic carbocycles. The molecule has 0 saturated heterocycles. The zero-order valence-electron chi connectivity index (χ0n) is 15.2. The first kappa shape index (κ1) is 21.4. The van der Waals surface area contributed by atoms with Gasteiger partial charge in [0.05, 0.1) is 19.7 Å². The Morgan fingerprint density at radius 1 is 1.14 bits per heavy atom. The van der Waals surface area contributed by atoms with Crippen LogP contribution >= 0.6 is 11.6 Å². The summed E-state index contributed by atoms with van der Waals surface area (Å²) in [5.74, 6) is -1.20. The average Bonchev–Trinajstić information content (AvgIpc) is 2.66. The molecule has 2 amide bonds. The van der Waals surface area contributed by atoms with Crippen LogP contribution in [0.1, 0.15) is 28.9 Å². The van der Waals surface area contributed by atoms with E-state index in [-0.39, 0.29) is 29.6 Å². The molecule has 0 fully saturated rings. The van der Waals surface area contributed by atoms with Crippen LogP contribution in [0.2, 0.25) is 5.02 Å². The highest BCUT2D eigenvalue weighted by atomic mass is 35.5. The van der Waals surface area contributed by atoms with Gasteiger partial charge in [-0.1, -0.05) is 29.8 Å². The zero-order chi connectivity index (χ0) is 20.7. The van der Waals surface area contributed by atoms with Gasteiger partial charge in [-0.25, -0.2) is 0 Å². The molecule has 0 aliphatic rings. The Labute approximate surface area is 165 Å². The minimum atomic E-state index is -3.02. The van der Waals surface area contributed by atoms with Crippen molar-refractivity contribution in [3.63, 3.8) is 0 Å². The number of rotatable bonds is 8. The van der Waals surface area contributed by atoms with Crippen molar-refractivity contribution in [1.82, 2.24) is 10.6 Å². The first-order valence-corrected chi connectivity index (χ1v) is 8.64. The standard InChI is InChI=1S/C19H19ClF2N2O4/c1-11(13-5-3-4-6-14(13)20)24-17(25)10-23-18(26)12-7-8-15(28-19(21)22)16(9-12)27-2/h3-9,11,19H,10H2,1-2H3,(H,23,26)(H,24,25). The second kappa shape index (κ2) is 9.89. The van der Waals surface area contributed by atoms with Crippen molar-refractivity contribution in [2.24, 2.45) is 0 Å². The minimum absolute atomic E-state index is 0.0234. The van der Waals surface area contributed by atoms with Crippen LogP contribution in [-0.4, -0.2) is 32.1 Å². The van der Waals surface area contributed by atoms with Crippen molar-refractivity contribution in [3.8, 4) is 11.5 Å². The number of methoxy groups -OCH3 is 1. The molecule has 0 bridgehead atoms. The molecule has 0 heterocycles. The largest absolute Gasteiger partial charge is 0.493 e. The maximum absolute atomic E-state index is 12.3. The summed E-state index contributed by atoms with van der Waals surface area (Å²) in [4.78, 5) is 24.3. The summed E-state index contributed by atoms with van der Waals surface area (Å²) in [5, 5.41) is 5.71. The first-order chi connectivity index (χ1) is 13.3. The van der Waals surface area contributed by atoms with Crippen LogP contribution in [0.15, 0.2) is 42.5 Å². The van der Waals surface area contributed by atoms with E-state index in [0.717, 1.165) is 5.56 Å². The molecule has 2 aromatic rings. The number of amides is 2. The highest BCUT2D eigenvalue weighted by Crippen LogP contribution is 2.29. The van der Waals surface area contributed by atoms with E-state index in [1.165, 1.54) is 25.3 Å². The molecule has 0 aliphatic heterocycles. The van der Waals surface area contributed by atoms with Crippen LogP contribution in [0.25, 0.3) is 0 Å². The molecule has 1 unspecified atom stereocenters. The average molecular weight is 413 g/mol. The van der Waals surface area contributed by atoms with Gasteiger partial charge in [-0.2, -0.15) is 8.78 Å². The fourth-order valence-electron chi connectivity index (χ4n) is 2.46. The van der Waals surface area contributed by atoms with Crippen molar-refractivity contribution in [1.29, 1.82) is 0 Å². The Bertz CT molecular complexity index is 848. The molecule has 0 aromatic heterocycles. The second-order valence-corrected chi connectivity index (χ2v) is 6.14. The maximum atomic E-state index is 12.3. The van der Waals surface area contributed by atoms with E-state index in [4.69, 9.17) is 16.3 Å². The molecular weight excluding hydrogens is 394 g/mol. The summed E-state index contributed by atoms with van der Waals surface area (Å²) < 4.78 is 33.9. The Kier molecular flexibility index (Phi) is 7.57. The molecule has 150 valence electrons. The van der Waals surface area contributed by atoms with E-state index in [2.05, 4.69) is 15.4 Å². The van der Waals surface area contributed by atoms with Gasteiger partial charge in [0.15, 0.2) is 11.5 Å². The van der Waals surface area contributed by atoms with Crippen molar-refractivity contribution in [2.45, 2.75) is 19.6 Å². The monoisotopic (exact) mass is 412 g/mol. The Morgan fingerprint density at radius 2 is 1.86 bits per heavy atom. The van der Waals surface area contributed by atoms with Crippen molar-refractivity contribution < 1.29 is 27.8 Å². The molecule has 9 heteroatoms. The maximum Gasteiger partial charge on any atom is 0.387 e. The summed E-state index contributed by atoms with van der Waals surface area (Å²) in [6.07, 6.45) is 0. The Balaban J connectivity index is 1.94. The number of alkyl halides is 2. The number of benzene rings is 2. The fourth-order valence-corrected chi connectivity index (χ4v) is 2.76. The Hall–Kier alpha value is -2.87. The summed E-state index contributed by atoms with van der Waals surface area (Å²) in [7, 11) is 1.26. The smallest absolute Gasteiger partial charge is 0.387 e. The van der Waals surface area contributed by atoms with Crippen molar-refractivity contribution >= 4 is 23.4 Å². The lowest BCUT2D eigenvalue weighted by Crippen LogP contribution is -2.38. The third-order valence-corrected chi connectivity index (χ3v) is 4.14. The van der Waals surface area contributed by atoms with Crippen molar-refractivity contribution in [3.05, 3.63) is 58.6 Å². The predicted octanol–water partition coefficient (Wildman–Crippen LogP) is 3.56. The lowest BCUT2D eigenvalue weighted by Gasteiger charge is -2.16. The normalized spacial score (nSPS) is 11.6. The SMILES string of the molecule is COc1cc(C(=O)NCC(=O)NC(C)c2ccccc2Cl)ccc1OC(F)F. The molecule has 28 heavy (non-hydrogen) atoms. The van der Waals surface area contributed by atoms with Crippen LogP contribution in [0.3, 0.4) is 0 Å². The summed E-state index contributed by atoms with van der Waals surface area (Å²) in [6, 6.07) is 10.5. The molecule has 2 rings (SSSR count). The van der Waals surface area contributed by atoms with Crippen LogP contribution in [-0.2, 0) is 4.79 Å². The van der Waals surface area contributed by atoms with Gasteiger partial charge in [-0.15, -0.1) is 0 Å². The molecule has 0 aliphatic carbocycles. The van der Waals surface area contributed by atoms with Crippen LogP contribution in [0.4, 0.5) is 8.78 Å². The third-order valence-electron chi connectivity index (χ3n) is 3.80. The second-order valence-electron chi connectivity index (χ2n) is 5.74. The topological polar surface area (TPSA) is 76.7 Å². The summed E-state index contributed by atoms with van der Waals surface area (Å²) >= 11 is 6.09. The minimum Gasteiger partial charge on any atom is -0.493 e. The van der Waals surface area contributed by atoms with Gasteiger partial charge >= 0.3 is 6.61 Å². The molecule has 6 nitrogen and oxygen atoms in total. The van der Waals surface area contributed by atoms with Crippen LogP contribution in [0.5, 0.6) is 11.5 Å². The zero-order valence-corrected chi connectivity index (χ0v) is 15.9. The van der Waals surface area contributed by atoms with Gasteiger partial charge in [0.2, 0.25) is 5.91 Å². The van der Waals surface area contributed by atoms with E-state index in [1.807, 2.05) is 0 Å². The van der Waals surface area contributed by atoms with Gasteiger partial charge in [-0.3, -0.25) is 9.59 Å². The summed E-state index contributed by atoms with van der Waals surface area (Å²) in [6.45, 7) is -1.52. The lowest BCUT2D eigenvalue weighted by atomic mass is 10.1. The van der Waals surface area contributed by atoms with E-state index >= 15 is 0 Å². The van der Waals surface area contributed by atoms with E-state index < -0.39 is 18.4 Å². The molecule has 0 radical (unpaired) electrons. The lowest BCUT2D eigenvalue weighted by molar-refractivity contribution is -0.120. The van der Waals surface area contributed by atoms with E-state index in [1.54, 1.807) is 31.2 Å². The number of nitrogens with one attached hydrogen (secondary N) is 2. The van der Waals surface area contributed by atoms with Gasteiger partial charge in [0.1, 0.15) is 0 Å². The third kappa shape index (κ3) is 5.82. The number of hydrogen-bond donors (Lipinski definition) is 2. The van der Waals surface area contributed by atoms with E-state index in [9.17, 15) is 18.4 Å². The fraction of sp³-hybridized carbons (Fsp3) is 0.263. The number of ether oxygens (including phenoxy) is 2. The van der Waals surface area contributed by atoms with Crippen LogP contribution < -0.4 is 20.1 Å². The van der Waals surface area contributed by atoms with Crippen molar-refractivity contribution in [2.75, 3.05) is 13.7 Å². The van der Waals surface area contributed by atoms with E-state index in [0.29, 0.717) is 5.02 Å². The highest BCUT2D eigenvalue weighted by Gasteiger charge is 2.16. The number of carbonyl (C=O) groups excluding carboxylic acids is 2. The molecule has 1 atom stereocenters. The molecule has 0 spiro atoms. The number of carbonyl (C=O) groups is 2. The quantitative estimate of drug-likeness (QED) is 0.695. The van der Waals surface area contributed by atoms with Gasteiger partial charge in [0.25, 0.3) is 5.91 Å². The molecule has 0 saturated carbocycles. The predicted molar refractivity (Wildman–Crippen MR) is 100.0 cm³/mol. The first-order valence-electron chi connectivity index (χ1n) is 8.26. The van der Waals surface area contributed by atoms with Gasteiger partial charge in [0, 0.05) is 10.6 Å². The van der Waals surface area contributed by atoms with Gasteiger partial charge < -0.3 is 20.1 Å². The number of halogens is 3. The highest BCUT2D eigenvalue weighted by molar-refractivity contribution is 6.31. The van der Waals surface area contributed by atoms with Gasteiger partial charge in [-0.05, 0) is 36.8 Å².